The third-order valence-electron chi connectivity index (χ3n) is 4.96. The number of alkyl halides is 3. The van der Waals surface area contributed by atoms with Gasteiger partial charge in [0.1, 0.15) is 5.82 Å². The van der Waals surface area contributed by atoms with Gasteiger partial charge in [-0.05, 0) is 43.7 Å². The van der Waals surface area contributed by atoms with Crippen LogP contribution in [0.4, 0.5) is 19.0 Å². The molecule has 1 aromatic carbocycles. The third kappa shape index (κ3) is 4.36. The van der Waals surface area contributed by atoms with Crippen LogP contribution < -0.4 is 16.6 Å². The first-order valence-electron chi connectivity index (χ1n) is 9.19. The van der Waals surface area contributed by atoms with Crippen molar-refractivity contribution in [3.05, 3.63) is 69.6 Å². The average Bonchev–Trinajstić information content (AvgIpc) is 2.67. The molecule has 10 heteroatoms. The minimum Gasteiger partial charge on any atom is -0.342 e. The molecule has 1 atom stereocenters. The molecule has 4 N–H and O–H groups in total. The Morgan fingerprint density at radius 2 is 2.07 bits per heavy atom. The van der Waals surface area contributed by atoms with Crippen LogP contribution in [-0.2, 0) is 6.18 Å². The number of anilines is 1. The zero-order valence-electron chi connectivity index (χ0n) is 16.3. The van der Waals surface area contributed by atoms with Crippen LogP contribution in [0.25, 0.3) is 0 Å². The van der Waals surface area contributed by atoms with Crippen LogP contribution in [0.1, 0.15) is 34.8 Å². The minimum absolute atomic E-state index is 0.202. The number of hydrazine groups is 1. The maximum atomic E-state index is 13.2. The minimum atomic E-state index is -4.65. The molecular weight excluding hydrogens is 419 g/mol. The molecule has 3 rings (SSSR count). The Hall–Kier alpha value is -2.78. The van der Waals surface area contributed by atoms with Gasteiger partial charge in [-0.3, -0.25) is 10.6 Å². The van der Waals surface area contributed by atoms with Crippen molar-refractivity contribution in [2.75, 3.05) is 11.9 Å². The molecule has 2 heterocycles. The molecule has 2 aromatic rings. The number of benzene rings is 1. The summed E-state index contributed by atoms with van der Waals surface area (Å²) < 4.78 is 39.5. The van der Waals surface area contributed by atoms with Gasteiger partial charge in [0.2, 0.25) is 0 Å². The van der Waals surface area contributed by atoms with Crippen LogP contribution >= 0.6 is 11.6 Å². The Balaban J connectivity index is 1.89. The van der Waals surface area contributed by atoms with Crippen LogP contribution in [-0.4, -0.2) is 28.4 Å². The van der Waals surface area contributed by atoms with Crippen molar-refractivity contribution in [1.82, 2.24) is 15.3 Å². The highest BCUT2D eigenvalue weighted by Gasteiger charge is 2.37. The number of nitrogens with two attached hydrogens (primary N) is 1. The van der Waals surface area contributed by atoms with E-state index in [1.807, 2.05) is 19.1 Å². The summed E-state index contributed by atoms with van der Waals surface area (Å²) in [5.41, 5.74) is 3.68. The van der Waals surface area contributed by atoms with Crippen molar-refractivity contribution in [1.29, 1.82) is 0 Å². The second-order valence-corrected chi connectivity index (χ2v) is 7.35. The number of carbonyl (C=O) groups excluding carboxylic acids is 1. The molecule has 1 aliphatic heterocycles. The number of hydrogen-bond acceptors (Lipinski definition) is 5. The van der Waals surface area contributed by atoms with Gasteiger partial charge < -0.3 is 15.6 Å². The van der Waals surface area contributed by atoms with Gasteiger partial charge in [0.05, 0.1) is 27.9 Å². The fourth-order valence-corrected chi connectivity index (χ4v) is 3.73. The largest absolute Gasteiger partial charge is 0.417 e. The number of nitrogens with one attached hydrogen (secondary N) is 2. The summed E-state index contributed by atoms with van der Waals surface area (Å²) in [7, 11) is 0. The Morgan fingerprint density at radius 1 is 1.33 bits per heavy atom. The van der Waals surface area contributed by atoms with Gasteiger partial charge in [0.15, 0.2) is 0 Å². The summed E-state index contributed by atoms with van der Waals surface area (Å²) >= 11 is 5.94. The lowest BCUT2D eigenvalue weighted by Gasteiger charge is -2.37. The van der Waals surface area contributed by atoms with E-state index in [-0.39, 0.29) is 12.1 Å². The highest BCUT2D eigenvalue weighted by molar-refractivity contribution is 6.34. The number of pyridine rings is 1. The van der Waals surface area contributed by atoms with E-state index in [0.29, 0.717) is 17.9 Å². The number of carbonyl (C=O) groups is 1. The quantitative estimate of drug-likeness (QED) is 0.494. The fourth-order valence-electron chi connectivity index (χ4n) is 3.41. The van der Waals surface area contributed by atoms with Crippen molar-refractivity contribution >= 4 is 23.3 Å². The molecule has 1 amide bonds. The summed E-state index contributed by atoms with van der Waals surface area (Å²) in [6.07, 6.45) is -2.57. The molecule has 0 aliphatic carbocycles. The smallest absolute Gasteiger partial charge is 0.342 e. The highest BCUT2D eigenvalue weighted by Crippen LogP contribution is 2.37. The summed E-state index contributed by atoms with van der Waals surface area (Å²) in [4.78, 5) is 18.7. The van der Waals surface area contributed by atoms with Crippen molar-refractivity contribution < 1.29 is 18.0 Å². The molecule has 1 unspecified atom stereocenters. The van der Waals surface area contributed by atoms with Gasteiger partial charge in [0.25, 0.3) is 5.91 Å². The summed E-state index contributed by atoms with van der Waals surface area (Å²) in [5.74, 6) is 5.73. The molecule has 0 saturated carbocycles. The molecule has 160 valence electrons. The number of halogens is 4. The Labute approximate surface area is 176 Å². The number of aryl methyl sites for hydroxylation is 1. The van der Waals surface area contributed by atoms with Crippen molar-refractivity contribution in [2.24, 2.45) is 5.84 Å². The van der Waals surface area contributed by atoms with Crippen molar-refractivity contribution in [2.45, 2.75) is 32.5 Å². The average molecular weight is 440 g/mol. The first-order chi connectivity index (χ1) is 14.1. The maximum absolute atomic E-state index is 13.2. The van der Waals surface area contributed by atoms with E-state index in [2.05, 4.69) is 15.7 Å². The van der Waals surface area contributed by atoms with E-state index in [9.17, 15) is 18.0 Å². The monoisotopic (exact) mass is 439 g/mol. The Kier molecular flexibility index (Phi) is 6.23. The van der Waals surface area contributed by atoms with Gasteiger partial charge in [-0.2, -0.15) is 13.2 Å². The van der Waals surface area contributed by atoms with Gasteiger partial charge in [0, 0.05) is 24.9 Å². The van der Waals surface area contributed by atoms with Crippen LogP contribution in [0, 0.1) is 6.92 Å². The molecule has 1 aliphatic rings. The van der Waals surface area contributed by atoms with Gasteiger partial charge in [-0.15, -0.1) is 0 Å². The van der Waals surface area contributed by atoms with E-state index in [1.54, 1.807) is 13.1 Å². The molecule has 30 heavy (non-hydrogen) atoms. The Morgan fingerprint density at radius 3 is 2.70 bits per heavy atom. The summed E-state index contributed by atoms with van der Waals surface area (Å²) in [5, 5.41) is 2.60. The molecule has 6 nitrogen and oxygen atoms in total. The number of aromatic nitrogens is 1. The predicted molar refractivity (Wildman–Crippen MR) is 109 cm³/mol. The van der Waals surface area contributed by atoms with Crippen LogP contribution in [0.3, 0.4) is 0 Å². The number of nitrogens with zero attached hydrogens (tertiary/aromatic N) is 2. The van der Waals surface area contributed by atoms with E-state index in [1.165, 1.54) is 17.0 Å². The van der Waals surface area contributed by atoms with Crippen LogP contribution in [0.2, 0.25) is 5.02 Å². The van der Waals surface area contributed by atoms with E-state index >= 15 is 0 Å². The molecule has 0 fully saturated rings. The number of rotatable bonds is 4. The predicted octanol–water partition coefficient (Wildman–Crippen LogP) is 4.08. The van der Waals surface area contributed by atoms with Crippen molar-refractivity contribution in [3.8, 4) is 0 Å². The summed E-state index contributed by atoms with van der Waals surface area (Å²) in [6.45, 7) is 3.94. The van der Waals surface area contributed by atoms with Gasteiger partial charge in [-0.1, -0.05) is 17.7 Å². The van der Waals surface area contributed by atoms with Gasteiger partial charge in [-0.25, -0.2) is 4.98 Å². The lowest BCUT2D eigenvalue weighted by molar-refractivity contribution is -0.137. The fraction of sp³-hybridized carbons (Fsp3) is 0.300. The SMILES string of the molecule is Cc1ccnc(NC2=C(NN)C(C)N(C(=O)c3cccc(C(F)(F)F)c3Cl)CC2)c1. The first kappa shape index (κ1) is 21.9. The second kappa shape index (κ2) is 8.53. The molecule has 0 spiro atoms. The highest BCUT2D eigenvalue weighted by atomic mass is 35.5. The lowest BCUT2D eigenvalue weighted by Crippen LogP contribution is -2.49. The molecule has 1 aromatic heterocycles. The number of hydrogen-bond donors (Lipinski definition) is 3. The normalized spacial score (nSPS) is 17.2. The molecule has 0 radical (unpaired) electrons. The van der Waals surface area contributed by atoms with E-state index < -0.39 is 28.7 Å². The topological polar surface area (TPSA) is 83.3 Å². The van der Waals surface area contributed by atoms with Crippen molar-refractivity contribution in [3.63, 3.8) is 0 Å². The molecule has 0 bridgehead atoms. The lowest BCUT2D eigenvalue weighted by atomic mass is 10.0. The summed E-state index contributed by atoms with van der Waals surface area (Å²) in [6, 6.07) is 6.52. The standard InChI is InChI=1S/C20H21ClF3N5O/c1-11-6-8-26-16(10-11)27-15-7-9-29(12(2)18(15)28-25)19(30)13-4-3-5-14(17(13)21)20(22,23)24/h3-6,8,10,12,28H,7,9,25H2,1-2H3,(H,26,27). The van der Waals surface area contributed by atoms with E-state index in [4.69, 9.17) is 17.4 Å². The maximum Gasteiger partial charge on any atom is 0.417 e. The Bertz CT molecular complexity index is 993. The molecular formula is C20H21ClF3N5O. The zero-order chi connectivity index (χ0) is 22.1. The second-order valence-electron chi connectivity index (χ2n) is 6.97. The number of amides is 1. The zero-order valence-corrected chi connectivity index (χ0v) is 17.1. The van der Waals surface area contributed by atoms with Crippen LogP contribution in [0.5, 0.6) is 0 Å². The van der Waals surface area contributed by atoms with E-state index in [0.717, 1.165) is 17.3 Å². The first-order valence-corrected chi connectivity index (χ1v) is 9.57. The third-order valence-corrected chi connectivity index (χ3v) is 5.37. The van der Waals surface area contributed by atoms with Crippen LogP contribution in [0.15, 0.2) is 47.9 Å². The van der Waals surface area contributed by atoms with Gasteiger partial charge >= 0.3 is 6.18 Å². The molecule has 0 saturated heterocycles.